The number of anilines is 1. The fourth-order valence-corrected chi connectivity index (χ4v) is 4.82. The molecule has 0 radical (unpaired) electrons. The number of carbonyl (C=O) groups excluding carboxylic acids is 1. The van der Waals surface area contributed by atoms with Crippen LogP contribution in [0.3, 0.4) is 0 Å². The summed E-state index contributed by atoms with van der Waals surface area (Å²) in [6.07, 6.45) is 1.76. The number of likely N-dealkylation sites (N-methyl/N-ethyl adjacent to an activating group) is 1. The van der Waals surface area contributed by atoms with Gasteiger partial charge in [0.25, 0.3) is 11.1 Å². The number of thiophene rings is 1. The highest BCUT2D eigenvalue weighted by Gasteiger charge is 2.38. The van der Waals surface area contributed by atoms with E-state index in [1.807, 2.05) is 43.6 Å². The van der Waals surface area contributed by atoms with Gasteiger partial charge in [-0.05, 0) is 30.0 Å². The molecular weight excluding hydrogens is 390 g/mol. The Balaban J connectivity index is 1.52. The monoisotopic (exact) mass is 411 g/mol. The Labute approximate surface area is 172 Å². The highest BCUT2D eigenvalue weighted by Crippen LogP contribution is 2.46. The standard InChI is InChI=1S/C21H21N3O2S2/c1-13(28-20-23-22-19(26-20)17-10-7-11-27-17)16(25)12-18-21(2,3)14-8-5-6-9-15(14)24(18)4/h5-13H,1-4H3/b18-12+. The first kappa shape index (κ1) is 19.0. The Kier molecular flexibility index (Phi) is 4.89. The Hall–Kier alpha value is -2.38. The summed E-state index contributed by atoms with van der Waals surface area (Å²) in [5.41, 5.74) is 3.15. The van der Waals surface area contributed by atoms with Crippen LogP contribution in [0.2, 0.25) is 0 Å². The maximum Gasteiger partial charge on any atom is 0.277 e. The third-order valence-corrected chi connectivity index (χ3v) is 6.85. The number of fused-ring (bicyclic) bond motifs is 1. The van der Waals surface area contributed by atoms with Gasteiger partial charge in [0.2, 0.25) is 0 Å². The van der Waals surface area contributed by atoms with Gasteiger partial charge in [-0.15, -0.1) is 21.5 Å². The van der Waals surface area contributed by atoms with E-state index in [9.17, 15) is 4.79 Å². The third kappa shape index (κ3) is 3.29. The highest BCUT2D eigenvalue weighted by molar-refractivity contribution is 8.00. The predicted molar refractivity (Wildman–Crippen MR) is 114 cm³/mol. The Bertz CT molecular complexity index is 1040. The molecule has 0 bridgehead atoms. The number of thioether (sulfide) groups is 1. The Morgan fingerprint density at radius 2 is 2.04 bits per heavy atom. The van der Waals surface area contributed by atoms with E-state index >= 15 is 0 Å². The SMILES string of the molecule is CC(Sc1nnc(-c2cccs2)o1)C(=O)/C=C1/N(C)c2ccccc2C1(C)C. The number of nitrogens with zero attached hydrogens (tertiary/aromatic N) is 3. The summed E-state index contributed by atoms with van der Waals surface area (Å²) >= 11 is 2.83. The molecule has 3 aromatic rings. The van der Waals surface area contributed by atoms with Gasteiger partial charge in [0, 0.05) is 29.9 Å². The molecule has 0 fully saturated rings. The van der Waals surface area contributed by atoms with E-state index in [2.05, 4.69) is 41.1 Å². The van der Waals surface area contributed by atoms with Crippen molar-refractivity contribution in [2.75, 3.05) is 11.9 Å². The van der Waals surface area contributed by atoms with Crippen molar-refractivity contribution in [1.82, 2.24) is 10.2 Å². The van der Waals surface area contributed by atoms with Crippen molar-refractivity contribution in [3.63, 3.8) is 0 Å². The maximum atomic E-state index is 12.9. The highest BCUT2D eigenvalue weighted by atomic mass is 32.2. The zero-order valence-electron chi connectivity index (χ0n) is 16.2. The van der Waals surface area contributed by atoms with E-state index in [4.69, 9.17) is 4.42 Å². The minimum atomic E-state index is -0.322. The Morgan fingerprint density at radius 1 is 1.25 bits per heavy atom. The molecule has 1 aliphatic rings. The molecule has 4 rings (SSSR count). The van der Waals surface area contributed by atoms with E-state index in [1.165, 1.54) is 17.3 Å². The molecule has 0 N–H and O–H groups in total. The van der Waals surface area contributed by atoms with E-state index in [0.717, 1.165) is 16.3 Å². The van der Waals surface area contributed by atoms with Crippen molar-refractivity contribution in [2.24, 2.45) is 0 Å². The molecule has 1 aliphatic heterocycles. The van der Waals surface area contributed by atoms with Crippen LogP contribution in [0.1, 0.15) is 26.3 Å². The lowest BCUT2D eigenvalue weighted by Crippen LogP contribution is -2.25. The van der Waals surface area contributed by atoms with Crippen LogP contribution in [0.25, 0.3) is 10.8 Å². The van der Waals surface area contributed by atoms with Gasteiger partial charge >= 0.3 is 0 Å². The number of benzene rings is 1. The number of hydrogen-bond acceptors (Lipinski definition) is 7. The van der Waals surface area contributed by atoms with Crippen LogP contribution in [0.5, 0.6) is 0 Å². The lowest BCUT2D eigenvalue weighted by molar-refractivity contribution is -0.114. The number of hydrogen-bond donors (Lipinski definition) is 0. The van der Waals surface area contributed by atoms with Gasteiger partial charge in [-0.3, -0.25) is 4.79 Å². The molecule has 28 heavy (non-hydrogen) atoms. The van der Waals surface area contributed by atoms with Gasteiger partial charge in [-0.1, -0.05) is 49.9 Å². The molecule has 5 nitrogen and oxygen atoms in total. The lowest BCUT2D eigenvalue weighted by atomic mass is 9.83. The number of allylic oxidation sites excluding steroid dienone is 2. The normalized spacial score (nSPS) is 17.7. The van der Waals surface area contributed by atoms with Gasteiger partial charge < -0.3 is 9.32 Å². The average molecular weight is 412 g/mol. The van der Waals surface area contributed by atoms with Crippen LogP contribution < -0.4 is 4.90 Å². The van der Waals surface area contributed by atoms with E-state index < -0.39 is 0 Å². The van der Waals surface area contributed by atoms with Crippen LogP contribution in [0.4, 0.5) is 5.69 Å². The largest absolute Gasteiger partial charge is 0.410 e. The fraction of sp³-hybridized carbons (Fsp3) is 0.286. The van der Waals surface area contributed by atoms with Crippen molar-refractivity contribution in [2.45, 2.75) is 36.7 Å². The van der Waals surface area contributed by atoms with Gasteiger partial charge in [-0.25, -0.2) is 0 Å². The summed E-state index contributed by atoms with van der Waals surface area (Å²) < 4.78 is 5.70. The summed E-state index contributed by atoms with van der Waals surface area (Å²) in [5, 5.41) is 10.2. The summed E-state index contributed by atoms with van der Waals surface area (Å²) in [4.78, 5) is 15.9. The first-order chi connectivity index (χ1) is 13.4. The molecular formula is C21H21N3O2S2. The molecule has 0 amide bonds. The fourth-order valence-electron chi connectivity index (χ4n) is 3.48. The minimum absolute atomic E-state index is 0.0311. The van der Waals surface area contributed by atoms with Crippen molar-refractivity contribution in [1.29, 1.82) is 0 Å². The maximum absolute atomic E-state index is 12.9. The van der Waals surface area contributed by atoms with Crippen molar-refractivity contribution in [3.8, 4) is 10.8 Å². The van der Waals surface area contributed by atoms with Crippen LogP contribution in [-0.4, -0.2) is 28.3 Å². The molecule has 7 heteroatoms. The second-order valence-corrected chi connectivity index (χ2v) is 9.48. The van der Waals surface area contributed by atoms with E-state index in [1.54, 1.807) is 17.4 Å². The first-order valence-corrected chi connectivity index (χ1v) is 10.8. The van der Waals surface area contributed by atoms with Crippen LogP contribution in [0.15, 0.2) is 63.2 Å². The molecule has 1 unspecified atom stereocenters. The molecule has 1 atom stereocenters. The van der Waals surface area contributed by atoms with Crippen LogP contribution >= 0.6 is 23.1 Å². The van der Waals surface area contributed by atoms with E-state index in [-0.39, 0.29) is 16.4 Å². The van der Waals surface area contributed by atoms with Crippen molar-refractivity contribution >= 4 is 34.6 Å². The number of ketones is 1. The summed E-state index contributed by atoms with van der Waals surface area (Å²) in [6, 6.07) is 12.1. The molecule has 0 saturated heterocycles. The summed E-state index contributed by atoms with van der Waals surface area (Å²) in [6.45, 7) is 6.17. The average Bonchev–Trinajstić information content (AvgIpc) is 3.39. The van der Waals surface area contributed by atoms with Crippen molar-refractivity contribution in [3.05, 3.63) is 59.1 Å². The molecule has 3 heterocycles. The third-order valence-electron chi connectivity index (χ3n) is 5.04. The zero-order valence-corrected chi connectivity index (χ0v) is 17.8. The second kappa shape index (κ2) is 7.22. The summed E-state index contributed by atoms with van der Waals surface area (Å²) in [7, 11) is 2.01. The van der Waals surface area contributed by atoms with Gasteiger partial charge in [0.05, 0.1) is 10.1 Å². The Morgan fingerprint density at radius 3 is 2.75 bits per heavy atom. The number of para-hydroxylation sites is 1. The quantitative estimate of drug-likeness (QED) is 0.427. The summed E-state index contributed by atoms with van der Waals surface area (Å²) in [5.74, 6) is 0.520. The molecule has 2 aromatic heterocycles. The van der Waals surface area contributed by atoms with Gasteiger partial charge in [0.1, 0.15) is 0 Å². The molecule has 0 spiro atoms. The van der Waals surface area contributed by atoms with Crippen LogP contribution in [0, 0.1) is 0 Å². The lowest BCUT2D eigenvalue weighted by Gasteiger charge is -2.24. The topological polar surface area (TPSA) is 59.2 Å². The smallest absolute Gasteiger partial charge is 0.277 e. The minimum Gasteiger partial charge on any atom is -0.410 e. The zero-order chi connectivity index (χ0) is 19.9. The predicted octanol–water partition coefficient (Wildman–Crippen LogP) is 5.16. The molecule has 1 aromatic carbocycles. The van der Waals surface area contributed by atoms with Crippen LogP contribution in [-0.2, 0) is 10.2 Å². The van der Waals surface area contributed by atoms with Gasteiger partial charge in [0.15, 0.2) is 5.78 Å². The first-order valence-electron chi connectivity index (χ1n) is 9.01. The number of carbonyl (C=O) groups is 1. The second-order valence-electron chi connectivity index (χ2n) is 7.24. The number of aromatic nitrogens is 2. The van der Waals surface area contributed by atoms with Gasteiger partial charge in [-0.2, -0.15) is 0 Å². The molecule has 144 valence electrons. The van der Waals surface area contributed by atoms with Crippen molar-refractivity contribution < 1.29 is 9.21 Å². The van der Waals surface area contributed by atoms with E-state index in [0.29, 0.717) is 11.1 Å². The number of rotatable bonds is 5. The molecule has 0 aliphatic carbocycles. The molecule has 0 saturated carbocycles.